The third-order valence-corrected chi connectivity index (χ3v) is 17.3. The molecule has 0 heterocycles. The fourth-order valence-corrected chi connectivity index (χ4v) is 12.2. The number of hydrogen-bond acceptors (Lipinski definition) is 5. The number of esters is 1. The average Bonchev–Trinajstić information content (AvgIpc) is 3.43. The maximum atomic E-state index is 14.8. The molecular formula is C71H80F2O6. The summed E-state index contributed by atoms with van der Waals surface area (Å²) in [5, 5.41) is 30.6. The van der Waals surface area contributed by atoms with Gasteiger partial charge in [0.05, 0.1) is 6.42 Å². The van der Waals surface area contributed by atoms with Crippen LogP contribution >= 0.6 is 0 Å². The lowest BCUT2D eigenvalue weighted by molar-refractivity contribution is -0.142. The van der Waals surface area contributed by atoms with Crippen molar-refractivity contribution in [2.75, 3.05) is 0 Å². The Labute approximate surface area is 469 Å². The number of rotatable bonds is 14. The molecule has 6 nitrogen and oxygen atoms in total. The van der Waals surface area contributed by atoms with Gasteiger partial charge < -0.3 is 20.1 Å². The lowest BCUT2D eigenvalue weighted by atomic mass is 9.69. The summed E-state index contributed by atoms with van der Waals surface area (Å²) in [6.07, 6.45) is 12.9. The van der Waals surface area contributed by atoms with Crippen molar-refractivity contribution in [1.29, 1.82) is 0 Å². The van der Waals surface area contributed by atoms with Crippen LogP contribution in [0, 0.1) is 63.0 Å². The lowest BCUT2D eigenvalue weighted by Crippen LogP contribution is -2.29. The molecule has 0 amide bonds. The highest BCUT2D eigenvalue weighted by atomic mass is 19.1. The van der Waals surface area contributed by atoms with Crippen LogP contribution < -0.4 is 0 Å². The van der Waals surface area contributed by atoms with E-state index in [-0.39, 0.29) is 35.2 Å². The average molecular weight is 1070 g/mol. The first-order valence-corrected chi connectivity index (χ1v) is 28.6. The molecule has 0 unspecified atom stereocenters. The molecule has 2 fully saturated rings. The number of carbonyl (C=O) groups is 2. The number of aliphatic carboxylic acids is 1. The zero-order chi connectivity index (χ0) is 57.1. The number of hydrogen-bond donors (Lipinski definition) is 3. The molecule has 6 aromatic rings. The third-order valence-electron chi connectivity index (χ3n) is 17.3. The van der Waals surface area contributed by atoms with Gasteiger partial charge in [-0.25, -0.2) is 8.78 Å². The van der Waals surface area contributed by atoms with Gasteiger partial charge in [0.25, 0.3) is 0 Å². The molecule has 8 heteroatoms. The second-order valence-electron chi connectivity index (χ2n) is 22.3. The summed E-state index contributed by atoms with van der Waals surface area (Å²) in [7, 11) is 0. The Morgan fingerprint density at radius 1 is 0.519 bits per heavy atom. The van der Waals surface area contributed by atoms with Gasteiger partial charge >= 0.3 is 11.9 Å². The fourth-order valence-electron chi connectivity index (χ4n) is 12.2. The molecule has 0 radical (unpaired) electrons. The van der Waals surface area contributed by atoms with E-state index in [1.807, 2.05) is 19.1 Å². The molecule has 2 aliphatic rings. The minimum absolute atomic E-state index is 0.0699. The van der Waals surface area contributed by atoms with E-state index in [0.717, 1.165) is 133 Å². The van der Waals surface area contributed by atoms with Crippen LogP contribution in [0.25, 0.3) is 22.3 Å². The Balaban J connectivity index is 0.000000229. The summed E-state index contributed by atoms with van der Waals surface area (Å²) in [5.41, 5.74) is 13.1. The zero-order valence-electron chi connectivity index (χ0n) is 48.0. The highest BCUT2D eigenvalue weighted by Crippen LogP contribution is 2.43. The van der Waals surface area contributed by atoms with Crippen LogP contribution in [0.3, 0.4) is 0 Å². The topological polar surface area (TPSA) is 104 Å². The van der Waals surface area contributed by atoms with E-state index in [2.05, 4.69) is 139 Å². The number of aliphatic hydroxyl groups is 2. The molecule has 0 atom stereocenters. The van der Waals surface area contributed by atoms with Gasteiger partial charge in [0, 0.05) is 34.4 Å². The van der Waals surface area contributed by atoms with Crippen LogP contribution in [0.4, 0.5) is 8.78 Å². The number of benzene rings is 6. The van der Waals surface area contributed by atoms with Crippen LogP contribution in [0.1, 0.15) is 191 Å². The molecule has 0 aromatic heterocycles. The summed E-state index contributed by atoms with van der Waals surface area (Å²) in [5.74, 6) is 10.5. The highest BCUT2D eigenvalue weighted by molar-refractivity contribution is 5.73. The van der Waals surface area contributed by atoms with Crippen molar-refractivity contribution in [3.05, 3.63) is 188 Å². The van der Waals surface area contributed by atoms with E-state index in [1.165, 1.54) is 54.2 Å². The van der Waals surface area contributed by atoms with Gasteiger partial charge in [-0.15, -0.1) is 0 Å². The summed E-state index contributed by atoms with van der Waals surface area (Å²) in [4.78, 5) is 22.1. The van der Waals surface area contributed by atoms with Crippen molar-refractivity contribution in [2.45, 2.75) is 187 Å². The molecule has 3 N–H and O–H groups in total. The van der Waals surface area contributed by atoms with Crippen LogP contribution in [0.15, 0.2) is 109 Å². The molecule has 0 saturated heterocycles. The van der Waals surface area contributed by atoms with Gasteiger partial charge in [-0.3, -0.25) is 9.59 Å². The normalized spacial score (nSPS) is 14.8. The summed E-state index contributed by atoms with van der Waals surface area (Å²) in [6.45, 7) is 18.4. The molecule has 8 rings (SSSR count). The number of halogens is 2. The van der Waals surface area contributed by atoms with E-state index in [9.17, 15) is 28.6 Å². The lowest BCUT2D eigenvalue weighted by Gasteiger charge is -2.34. The van der Waals surface area contributed by atoms with Gasteiger partial charge in [0.1, 0.15) is 29.4 Å². The first-order valence-electron chi connectivity index (χ1n) is 28.6. The summed E-state index contributed by atoms with van der Waals surface area (Å²) >= 11 is 0. The molecule has 414 valence electrons. The Kier molecular flexibility index (Phi) is 19.7. The van der Waals surface area contributed by atoms with Crippen molar-refractivity contribution in [3.8, 4) is 45.9 Å². The van der Waals surface area contributed by atoms with Crippen molar-refractivity contribution in [3.63, 3.8) is 0 Å². The summed E-state index contributed by atoms with van der Waals surface area (Å²) in [6, 6.07) is 35.8. The van der Waals surface area contributed by atoms with E-state index < -0.39 is 29.0 Å². The third kappa shape index (κ3) is 14.0. The number of carbonyl (C=O) groups excluding carboxylic acids is 1. The molecule has 0 bridgehead atoms. The first kappa shape index (κ1) is 59.8. The Hall–Kier alpha value is -6.84. The van der Waals surface area contributed by atoms with Crippen LogP contribution in [0.5, 0.6) is 0 Å². The summed E-state index contributed by atoms with van der Waals surface area (Å²) < 4.78 is 34.3. The van der Waals surface area contributed by atoms with Crippen molar-refractivity contribution >= 4 is 11.9 Å². The fraction of sp³-hybridized carbons (Fsp3) is 0.408. The highest BCUT2D eigenvalue weighted by Gasteiger charge is 2.34. The van der Waals surface area contributed by atoms with E-state index in [4.69, 9.17) is 9.84 Å². The first-order chi connectivity index (χ1) is 37.7. The number of carboxylic acids is 1. The van der Waals surface area contributed by atoms with E-state index >= 15 is 0 Å². The molecule has 0 spiro atoms. The Bertz CT molecular complexity index is 3290. The molecular weight excluding hydrogens is 987 g/mol. The number of carboxylic acid groups (broad SMARTS) is 1. The SMILES string of the molecule is CCC(CC)(c1ccc(C#CC2(O)CCCCC2)c(C)c1)c1ccc(-c2ccc(CC(=O)O)c(F)c2)c(C)c1.CCC(CC)(c1ccc(C#CC2(O)CCCCC2)c(C)c1)c1ccc(-c2ccc(COC(C)=O)c(F)c2)c(C)c1. The monoisotopic (exact) mass is 1070 g/mol. The largest absolute Gasteiger partial charge is 0.481 e. The minimum Gasteiger partial charge on any atom is -0.481 e. The second-order valence-corrected chi connectivity index (χ2v) is 22.3. The standard InChI is InChI=1S/C36H41FO3.C35H39FO3/c1-6-36(7-2,31-14-13-28(25(3)21-31)17-20-35(39)18-9-8-10-19-35)32-15-16-33(26(4)22-32)29-11-12-30(34(37)23-29)24-40-27(5)38;1-5-35(6-2,29-13-12-26(24(3)20-29)16-19-34(39)17-8-7-9-18-34)30-14-15-31(25(4)21-30)27-10-11-28(23-33(37)38)32(36)22-27/h11-16,21-23,39H,6-10,18-19,24H2,1-5H3;10-15,20-22,39H,5-9,17-18,23H2,1-4H3,(H,37,38). The number of aryl methyl sites for hydroxylation is 4. The Morgan fingerprint density at radius 2 is 0.886 bits per heavy atom. The predicted octanol–water partition coefficient (Wildman–Crippen LogP) is 16.2. The van der Waals surface area contributed by atoms with Gasteiger partial charge in [0.2, 0.25) is 0 Å². The van der Waals surface area contributed by atoms with Gasteiger partial charge in [0.15, 0.2) is 0 Å². The van der Waals surface area contributed by atoms with Crippen molar-refractivity contribution < 1.29 is 38.4 Å². The maximum absolute atomic E-state index is 14.8. The second kappa shape index (κ2) is 26.0. The van der Waals surface area contributed by atoms with E-state index in [0.29, 0.717) is 5.56 Å². The Morgan fingerprint density at radius 3 is 1.22 bits per heavy atom. The van der Waals surface area contributed by atoms with Crippen molar-refractivity contribution in [2.24, 2.45) is 0 Å². The van der Waals surface area contributed by atoms with E-state index in [1.54, 1.807) is 18.2 Å². The predicted molar refractivity (Wildman–Crippen MR) is 315 cm³/mol. The molecule has 6 aromatic carbocycles. The zero-order valence-corrected chi connectivity index (χ0v) is 48.0. The van der Waals surface area contributed by atoms with Crippen LogP contribution in [-0.4, -0.2) is 38.5 Å². The molecule has 0 aliphatic heterocycles. The van der Waals surface area contributed by atoms with Crippen molar-refractivity contribution in [1.82, 2.24) is 0 Å². The van der Waals surface area contributed by atoms with Crippen LogP contribution in [-0.2, 0) is 38.2 Å². The van der Waals surface area contributed by atoms with Gasteiger partial charge in [-0.05, 0) is 201 Å². The quantitative estimate of drug-likeness (QED) is 0.0742. The maximum Gasteiger partial charge on any atom is 0.307 e. The molecule has 2 saturated carbocycles. The molecule has 2 aliphatic carbocycles. The van der Waals surface area contributed by atoms with Gasteiger partial charge in [-0.1, -0.05) is 149 Å². The minimum atomic E-state index is -1.05. The number of ether oxygens (including phenoxy) is 1. The smallest absolute Gasteiger partial charge is 0.307 e. The van der Waals surface area contributed by atoms with Crippen LogP contribution in [0.2, 0.25) is 0 Å². The molecule has 79 heavy (non-hydrogen) atoms. The van der Waals surface area contributed by atoms with Gasteiger partial charge in [-0.2, -0.15) is 0 Å².